The standard InChI is InChI=1S/C22H17F6NO3/c1-29-13-3-2-5-21(29,6-4-13)32-20(30)22(31,11-7-14(23)18(27)15(24)8-11)12-9-16(25)19(28)17(26)10-12/h2,5,7-10,13,31H,3-4,6H2,1H3/t13-,21-/m1/s1. The molecule has 0 aliphatic carbocycles. The summed E-state index contributed by atoms with van der Waals surface area (Å²) in [6.07, 6.45) is 4.98. The molecule has 2 aliphatic heterocycles. The van der Waals surface area contributed by atoms with Gasteiger partial charge in [-0.3, -0.25) is 4.90 Å². The Hall–Kier alpha value is -2.85. The van der Waals surface area contributed by atoms with E-state index in [2.05, 4.69) is 0 Å². The minimum absolute atomic E-state index is 0.0299. The molecule has 10 heteroatoms. The minimum Gasteiger partial charge on any atom is -0.437 e. The number of fused-ring (bicyclic) bond motifs is 2. The van der Waals surface area contributed by atoms with Crippen LogP contribution in [0.15, 0.2) is 36.4 Å². The second kappa shape index (κ2) is 7.63. The van der Waals surface area contributed by atoms with Gasteiger partial charge >= 0.3 is 5.97 Å². The number of carbonyl (C=O) groups is 1. The first-order valence-electron chi connectivity index (χ1n) is 9.66. The van der Waals surface area contributed by atoms with Crippen LogP contribution in [0.3, 0.4) is 0 Å². The first-order chi connectivity index (χ1) is 15.0. The Morgan fingerprint density at radius 3 is 1.94 bits per heavy atom. The largest absolute Gasteiger partial charge is 0.437 e. The molecule has 2 aromatic carbocycles. The van der Waals surface area contributed by atoms with Gasteiger partial charge in [0.2, 0.25) is 5.60 Å². The van der Waals surface area contributed by atoms with Gasteiger partial charge in [-0.05, 0) is 50.2 Å². The number of aliphatic hydroxyl groups is 1. The van der Waals surface area contributed by atoms with Gasteiger partial charge in [-0.1, -0.05) is 6.08 Å². The zero-order chi connectivity index (χ0) is 23.4. The summed E-state index contributed by atoms with van der Waals surface area (Å²) < 4.78 is 88.3. The van der Waals surface area contributed by atoms with Gasteiger partial charge in [0.05, 0.1) is 0 Å². The van der Waals surface area contributed by atoms with Crippen molar-refractivity contribution in [3.63, 3.8) is 0 Å². The fourth-order valence-corrected chi connectivity index (χ4v) is 4.26. The summed E-state index contributed by atoms with van der Waals surface area (Å²) in [5, 5.41) is 11.3. The van der Waals surface area contributed by atoms with Crippen molar-refractivity contribution in [2.24, 2.45) is 0 Å². The highest BCUT2D eigenvalue weighted by Crippen LogP contribution is 2.43. The normalized spacial score (nSPS) is 22.9. The molecule has 32 heavy (non-hydrogen) atoms. The molecule has 2 aromatic rings. The molecule has 0 unspecified atom stereocenters. The highest BCUT2D eigenvalue weighted by atomic mass is 19.2. The molecule has 0 spiro atoms. The number of nitrogens with zero attached hydrogens (tertiary/aromatic N) is 1. The van der Waals surface area contributed by atoms with Crippen LogP contribution >= 0.6 is 0 Å². The van der Waals surface area contributed by atoms with E-state index in [1.807, 2.05) is 0 Å². The zero-order valence-electron chi connectivity index (χ0n) is 16.6. The highest BCUT2D eigenvalue weighted by molar-refractivity contribution is 5.86. The highest BCUT2D eigenvalue weighted by Gasteiger charge is 2.52. The van der Waals surface area contributed by atoms with E-state index in [1.165, 1.54) is 0 Å². The Labute approximate surface area is 178 Å². The lowest BCUT2D eigenvalue weighted by atomic mass is 9.85. The van der Waals surface area contributed by atoms with E-state index in [1.54, 1.807) is 24.1 Å². The average Bonchev–Trinajstić information content (AvgIpc) is 2.91. The van der Waals surface area contributed by atoms with Crippen LogP contribution < -0.4 is 0 Å². The van der Waals surface area contributed by atoms with E-state index in [4.69, 9.17) is 4.74 Å². The Morgan fingerprint density at radius 1 is 1.00 bits per heavy atom. The van der Waals surface area contributed by atoms with Crippen molar-refractivity contribution in [2.75, 3.05) is 7.05 Å². The molecule has 4 nitrogen and oxygen atoms in total. The molecule has 2 bridgehead atoms. The Morgan fingerprint density at radius 2 is 1.47 bits per heavy atom. The SMILES string of the molecule is CN1[C@@H]2CC=C[C@@]1(OC(=O)C(O)(c1cc(F)c(F)c(F)c1)c1cc(F)c(F)c(F)c1)CC2. The van der Waals surface area contributed by atoms with Crippen molar-refractivity contribution in [2.45, 2.75) is 36.6 Å². The molecule has 0 amide bonds. The molecule has 2 heterocycles. The predicted octanol–water partition coefficient (Wildman–Crippen LogP) is 4.05. The number of benzene rings is 2. The lowest BCUT2D eigenvalue weighted by Crippen LogP contribution is -2.52. The Balaban J connectivity index is 1.87. The Bertz CT molecular complexity index is 1030. The Kier molecular flexibility index (Phi) is 5.33. The molecule has 0 radical (unpaired) electrons. The van der Waals surface area contributed by atoms with Crippen molar-refractivity contribution in [1.29, 1.82) is 0 Å². The van der Waals surface area contributed by atoms with Gasteiger partial charge in [0.15, 0.2) is 40.6 Å². The lowest BCUT2D eigenvalue weighted by molar-refractivity contribution is -0.187. The maximum absolute atomic E-state index is 13.9. The molecule has 0 aromatic heterocycles. The quantitative estimate of drug-likeness (QED) is 0.326. The average molecular weight is 457 g/mol. The number of esters is 1. The van der Waals surface area contributed by atoms with E-state index in [0.717, 1.165) is 0 Å². The maximum Gasteiger partial charge on any atom is 0.349 e. The second-order valence-electron chi connectivity index (χ2n) is 7.89. The van der Waals surface area contributed by atoms with Crippen LogP contribution in [0.25, 0.3) is 0 Å². The molecular weight excluding hydrogens is 440 g/mol. The van der Waals surface area contributed by atoms with Crippen LogP contribution in [0.4, 0.5) is 26.3 Å². The number of carbonyl (C=O) groups excluding carboxylic acids is 1. The molecule has 0 saturated carbocycles. The first-order valence-corrected chi connectivity index (χ1v) is 9.66. The summed E-state index contributed by atoms with van der Waals surface area (Å²) in [6, 6.07) is 1.23. The smallest absolute Gasteiger partial charge is 0.349 e. The minimum atomic E-state index is -3.19. The lowest BCUT2D eigenvalue weighted by Gasteiger charge is -2.40. The summed E-state index contributed by atoms with van der Waals surface area (Å²) in [5.41, 5.74) is -6.29. The van der Waals surface area contributed by atoms with Crippen LogP contribution in [0.5, 0.6) is 0 Å². The van der Waals surface area contributed by atoms with E-state index >= 15 is 0 Å². The van der Waals surface area contributed by atoms with Crippen LogP contribution in [0, 0.1) is 34.9 Å². The molecule has 1 fully saturated rings. The summed E-state index contributed by atoms with van der Waals surface area (Å²) in [6.45, 7) is 0. The monoisotopic (exact) mass is 457 g/mol. The van der Waals surface area contributed by atoms with Gasteiger partial charge < -0.3 is 9.84 Å². The van der Waals surface area contributed by atoms with Gasteiger partial charge in [0, 0.05) is 23.6 Å². The zero-order valence-corrected chi connectivity index (χ0v) is 16.6. The van der Waals surface area contributed by atoms with Crippen LogP contribution in [-0.2, 0) is 15.1 Å². The van der Waals surface area contributed by atoms with Crippen molar-refractivity contribution in [3.8, 4) is 0 Å². The molecule has 2 atom stereocenters. The van der Waals surface area contributed by atoms with E-state index in [-0.39, 0.29) is 6.04 Å². The van der Waals surface area contributed by atoms with Gasteiger partial charge in [-0.25, -0.2) is 31.1 Å². The van der Waals surface area contributed by atoms with Crippen molar-refractivity contribution < 1.29 is 41.0 Å². The molecule has 1 saturated heterocycles. The number of hydrogen-bond donors (Lipinski definition) is 1. The van der Waals surface area contributed by atoms with Gasteiger partial charge in [-0.2, -0.15) is 0 Å². The first kappa shape index (κ1) is 22.3. The summed E-state index contributed by atoms with van der Waals surface area (Å²) in [7, 11) is 1.67. The van der Waals surface area contributed by atoms with E-state index in [9.17, 15) is 36.2 Å². The molecule has 4 rings (SSSR count). The number of rotatable bonds is 4. The van der Waals surface area contributed by atoms with Crippen LogP contribution in [0.2, 0.25) is 0 Å². The van der Waals surface area contributed by atoms with Crippen molar-refractivity contribution in [3.05, 3.63) is 82.4 Å². The molecule has 2 aliphatic rings. The second-order valence-corrected chi connectivity index (χ2v) is 7.89. The number of ether oxygens (including phenoxy) is 1. The predicted molar refractivity (Wildman–Crippen MR) is 99.0 cm³/mol. The molecular formula is C22H17F6NO3. The van der Waals surface area contributed by atoms with Crippen molar-refractivity contribution in [1.82, 2.24) is 4.90 Å². The molecule has 1 N–H and O–H groups in total. The summed E-state index contributed by atoms with van der Waals surface area (Å²) >= 11 is 0. The summed E-state index contributed by atoms with van der Waals surface area (Å²) in [4.78, 5) is 15.0. The molecule has 170 valence electrons. The number of likely N-dealkylation sites (N-methyl/N-ethyl adjacent to an activating group) is 1. The fourth-order valence-electron chi connectivity index (χ4n) is 4.26. The van der Waals surface area contributed by atoms with Gasteiger partial charge in [-0.15, -0.1) is 0 Å². The third kappa shape index (κ3) is 3.29. The third-order valence-electron chi connectivity index (χ3n) is 6.13. The van der Waals surface area contributed by atoms with Gasteiger partial charge in [0.25, 0.3) is 0 Å². The van der Waals surface area contributed by atoms with Crippen LogP contribution in [-0.4, -0.2) is 34.8 Å². The van der Waals surface area contributed by atoms with E-state index < -0.39 is 63.3 Å². The summed E-state index contributed by atoms with van der Waals surface area (Å²) in [5.74, 6) is -12.3. The number of halogens is 6. The van der Waals surface area contributed by atoms with Gasteiger partial charge in [0.1, 0.15) is 0 Å². The van der Waals surface area contributed by atoms with E-state index in [0.29, 0.717) is 43.5 Å². The number of hydrogen-bond acceptors (Lipinski definition) is 4. The third-order valence-corrected chi connectivity index (χ3v) is 6.13. The fraction of sp³-hybridized carbons (Fsp3) is 0.318. The maximum atomic E-state index is 13.9. The van der Waals surface area contributed by atoms with Crippen LogP contribution in [0.1, 0.15) is 30.4 Å². The van der Waals surface area contributed by atoms with Crippen molar-refractivity contribution >= 4 is 5.97 Å². The topological polar surface area (TPSA) is 49.8 Å².